The number of nitro benzene ring substituents is 1. The molecule has 2 aromatic rings. The number of ether oxygens (including phenoxy) is 1. The van der Waals surface area contributed by atoms with Crippen molar-refractivity contribution in [1.29, 1.82) is 0 Å². The number of nitrogens with one attached hydrogen (secondary N) is 1. The molecule has 0 fully saturated rings. The second-order valence-electron chi connectivity index (χ2n) is 4.22. The summed E-state index contributed by atoms with van der Waals surface area (Å²) >= 11 is 3.13. The molecule has 1 amide bonds. The van der Waals surface area contributed by atoms with E-state index < -0.39 is 16.6 Å². The number of hydrogen-bond acceptors (Lipinski definition) is 4. The Labute approximate surface area is 133 Å². The van der Waals surface area contributed by atoms with Crippen LogP contribution in [0, 0.1) is 15.9 Å². The van der Waals surface area contributed by atoms with E-state index in [1.165, 1.54) is 31.4 Å². The van der Waals surface area contributed by atoms with Crippen molar-refractivity contribution in [3.8, 4) is 5.75 Å². The summed E-state index contributed by atoms with van der Waals surface area (Å²) in [7, 11) is 1.28. The molecule has 6 nitrogen and oxygen atoms in total. The number of methoxy groups -OCH3 is 1. The van der Waals surface area contributed by atoms with Crippen LogP contribution in [0.25, 0.3) is 0 Å². The van der Waals surface area contributed by atoms with Gasteiger partial charge in [0.05, 0.1) is 12.0 Å². The maximum atomic E-state index is 13.3. The molecule has 0 aliphatic carbocycles. The predicted octanol–water partition coefficient (Wildman–Crippen LogP) is 3.76. The van der Waals surface area contributed by atoms with Crippen molar-refractivity contribution in [2.45, 2.75) is 0 Å². The van der Waals surface area contributed by atoms with Gasteiger partial charge in [0.15, 0.2) is 11.6 Å². The van der Waals surface area contributed by atoms with E-state index in [2.05, 4.69) is 21.2 Å². The molecule has 0 saturated heterocycles. The SMILES string of the molecule is COc1cc(C(=O)Nc2ccc(Br)cc2[N+](=O)[O-])ccc1F. The molecule has 114 valence electrons. The van der Waals surface area contributed by atoms with Crippen LogP contribution in [-0.2, 0) is 0 Å². The smallest absolute Gasteiger partial charge is 0.293 e. The summed E-state index contributed by atoms with van der Waals surface area (Å²) in [5, 5.41) is 13.4. The Morgan fingerprint density at radius 1 is 1.32 bits per heavy atom. The highest BCUT2D eigenvalue weighted by Crippen LogP contribution is 2.28. The molecule has 0 heterocycles. The molecule has 0 aliphatic heterocycles. The van der Waals surface area contributed by atoms with E-state index >= 15 is 0 Å². The highest BCUT2D eigenvalue weighted by Gasteiger charge is 2.18. The molecule has 0 radical (unpaired) electrons. The van der Waals surface area contributed by atoms with E-state index in [0.717, 1.165) is 6.07 Å². The monoisotopic (exact) mass is 368 g/mol. The zero-order chi connectivity index (χ0) is 16.3. The van der Waals surface area contributed by atoms with E-state index in [4.69, 9.17) is 4.74 Å². The van der Waals surface area contributed by atoms with Crippen LogP contribution >= 0.6 is 15.9 Å². The summed E-state index contributed by atoms with van der Waals surface area (Å²) in [6.45, 7) is 0. The van der Waals surface area contributed by atoms with E-state index in [1.807, 2.05) is 0 Å². The van der Waals surface area contributed by atoms with Crippen LogP contribution < -0.4 is 10.1 Å². The molecule has 8 heteroatoms. The molecule has 2 aromatic carbocycles. The van der Waals surface area contributed by atoms with Gasteiger partial charge in [-0.05, 0) is 30.3 Å². The van der Waals surface area contributed by atoms with Gasteiger partial charge in [0, 0.05) is 16.1 Å². The van der Waals surface area contributed by atoms with Gasteiger partial charge in [-0.1, -0.05) is 15.9 Å². The topological polar surface area (TPSA) is 81.5 Å². The Bertz CT molecular complexity index is 752. The van der Waals surface area contributed by atoms with E-state index in [9.17, 15) is 19.3 Å². The summed E-state index contributed by atoms with van der Waals surface area (Å²) in [5.74, 6) is -1.30. The van der Waals surface area contributed by atoms with E-state index in [-0.39, 0.29) is 22.7 Å². The quantitative estimate of drug-likeness (QED) is 0.657. The first-order valence-corrected chi connectivity index (χ1v) is 6.80. The van der Waals surface area contributed by atoms with Gasteiger partial charge in [-0.3, -0.25) is 14.9 Å². The number of rotatable bonds is 4. The molecule has 2 rings (SSSR count). The van der Waals surface area contributed by atoms with Crippen molar-refractivity contribution in [3.63, 3.8) is 0 Å². The fourth-order valence-corrected chi connectivity index (χ4v) is 2.11. The Hall–Kier alpha value is -2.48. The van der Waals surface area contributed by atoms with Gasteiger partial charge in [0.25, 0.3) is 11.6 Å². The van der Waals surface area contributed by atoms with E-state index in [1.54, 1.807) is 6.07 Å². The normalized spacial score (nSPS) is 10.1. The first-order chi connectivity index (χ1) is 10.4. The molecule has 0 unspecified atom stereocenters. The molecule has 0 atom stereocenters. The molecule has 22 heavy (non-hydrogen) atoms. The van der Waals surface area contributed by atoms with Crippen LogP contribution in [0.2, 0.25) is 0 Å². The first kappa shape index (κ1) is 15.9. The summed E-state index contributed by atoms with van der Waals surface area (Å²) in [6.07, 6.45) is 0. The Balaban J connectivity index is 2.31. The Kier molecular flexibility index (Phi) is 4.71. The number of amides is 1. The molecular formula is C14H10BrFN2O4. The largest absolute Gasteiger partial charge is 0.494 e. The third kappa shape index (κ3) is 3.40. The standard InChI is InChI=1S/C14H10BrFN2O4/c1-22-13-6-8(2-4-10(13)16)14(19)17-11-5-3-9(15)7-12(11)18(20)21/h2-7H,1H3,(H,17,19). The van der Waals surface area contributed by atoms with Gasteiger partial charge >= 0.3 is 0 Å². The number of benzene rings is 2. The molecule has 0 bridgehead atoms. The first-order valence-electron chi connectivity index (χ1n) is 6.01. The number of nitro groups is 1. The minimum Gasteiger partial charge on any atom is -0.494 e. The Morgan fingerprint density at radius 3 is 2.68 bits per heavy atom. The third-order valence-electron chi connectivity index (χ3n) is 2.82. The third-order valence-corrected chi connectivity index (χ3v) is 3.31. The summed E-state index contributed by atoms with van der Waals surface area (Å²) < 4.78 is 18.6. The van der Waals surface area contributed by atoms with Crippen LogP contribution in [0.4, 0.5) is 15.8 Å². The van der Waals surface area contributed by atoms with Gasteiger partial charge in [0.1, 0.15) is 5.69 Å². The molecule has 0 aromatic heterocycles. The van der Waals surface area contributed by atoms with Gasteiger partial charge in [-0.2, -0.15) is 0 Å². The number of anilines is 1. The number of nitrogens with zero attached hydrogens (tertiary/aromatic N) is 1. The summed E-state index contributed by atoms with van der Waals surface area (Å²) in [4.78, 5) is 22.5. The van der Waals surface area contributed by atoms with Gasteiger partial charge in [0.2, 0.25) is 0 Å². The van der Waals surface area contributed by atoms with Crippen LogP contribution in [0.15, 0.2) is 40.9 Å². The molecule has 1 N–H and O–H groups in total. The maximum absolute atomic E-state index is 13.3. The van der Waals surface area contributed by atoms with E-state index in [0.29, 0.717) is 4.47 Å². The Morgan fingerprint density at radius 2 is 2.05 bits per heavy atom. The number of carbonyl (C=O) groups is 1. The fraction of sp³-hybridized carbons (Fsp3) is 0.0714. The van der Waals surface area contributed by atoms with Crippen LogP contribution in [0.5, 0.6) is 5.75 Å². The van der Waals surface area contributed by atoms with Gasteiger partial charge in [-0.25, -0.2) is 4.39 Å². The lowest BCUT2D eigenvalue weighted by atomic mass is 10.2. The second kappa shape index (κ2) is 6.52. The van der Waals surface area contributed by atoms with Crippen molar-refractivity contribution in [2.24, 2.45) is 0 Å². The van der Waals surface area contributed by atoms with Crippen molar-refractivity contribution in [3.05, 3.63) is 62.4 Å². The molecule has 0 spiro atoms. The predicted molar refractivity (Wildman–Crippen MR) is 81.7 cm³/mol. The average molecular weight is 369 g/mol. The lowest BCUT2D eigenvalue weighted by molar-refractivity contribution is -0.384. The minimum atomic E-state index is -0.608. The highest BCUT2D eigenvalue weighted by atomic mass is 79.9. The molecular weight excluding hydrogens is 359 g/mol. The summed E-state index contributed by atoms with van der Waals surface area (Å²) in [6, 6.07) is 7.81. The van der Waals surface area contributed by atoms with Gasteiger partial charge < -0.3 is 10.1 Å². The van der Waals surface area contributed by atoms with Crippen LogP contribution in [0.1, 0.15) is 10.4 Å². The summed E-state index contributed by atoms with van der Waals surface area (Å²) in [5.41, 5.74) is -0.0891. The lowest BCUT2D eigenvalue weighted by Gasteiger charge is -2.08. The van der Waals surface area contributed by atoms with Crippen LogP contribution in [-0.4, -0.2) is 17.9 Å². The number of carbonyl (C=O) groups excluding carboxylic acids is 1. The zero-order valence-electron chi connectivity index (χ0n) is 11.3. The zero-order valence-corrected chi connectivity index (χ0v) is 12.9. The molecule has 0 aliphatic rings. The van der Waals surface area contributed by atoms with Crippen molar-refractivity contribution in [2.75, 3.05) is 12.4 Å². The average Bonchev–Trinajstić information content (AvgIpc) is 2.49. The fourth-order valence-electron chi connectivity index (χ4n) is 1.76. The van der Waals surface area contributed by atoms with Crippen molar-refractivity contribution < 1.29 is 18.8 Å². The highest BCUT2D eigenvalue weighted by molar-refractivity contribution is 9.10. The van der Waals surface area contributed by atoms with Crippen molar-refractivity contribution >= 4 is 33.2 Å². The lowest BCUT2D eigenvalue weighted by Crippen LogP contribution is -2.13. The number of hydrogen-bond donors (Lipinski definition) is 1. The second-order valence-corrected chi connectivity index (χ2v) is 5.14. The maximum Gasteiger partial charge on any atom is 0.293 e. The minimum absolute atomic E-state index is 0.0430. The molecule has 0 saturated carbocycles. The van der Waals surface area contributed by atoms with Gasteiger partial charge in [-0.15, -0.1) is 0 Å². The van der Waals surface area contributed by atoms with Crippen molar-refractivity contribution in [1.82, 2.24) is 0 Å². The van der Waals surface area contributed by atoms with Crippen LogP contribution in [0.3, 0.4) is 0 Å². The number of halogens is 2.